The number of benzene rings is 1. The van der Waals surface area contributed by atoms with Crippen molar-refractivity contribution in [1.82, 2.24) is 4.90 Å². The number of amides is 1. The van der Waals surface area contributed by atoms with Gasteiger partial charge < -0.3 is 4.90 Å². The molecule has 1 heterocycles. The first-order valence-electron chi connectivity index (χ1n) is 6.57. The number of carbonyl (C=O) groups is 1. The fraction of sp³-hybridized carbons (Fsp3) is 0.467. The number of nitrogens with zero attached hydrogens (tertiary/aromatic N) is 2. The molecule has 1 aliphatic carbocycles. The van der Waals surface area contributed by atoms with Crippen LogP contribution in [0.3, 0.4) is 0 Å². The molecular weight excluding hydrogens is 224 g/mol. The lowest BCUT2D eigenvalue weighted by atomic mass is 10.0. The first-order chi connectivity index (χ1) is 8.78. The summed E-state index contributed by atoms with van der Waals surface area (Å²) in [6.45, 7) is 1.84. The number of rotatable bonds is 1. The highest BCUT2D eigenvalue weighted by atomic mass is 16.2. The second-order valence-corrected chi connectivity index (χ2v) is 5.35. The smallest absolute Gasteiger partial charge is 0.253 e. The predicted octanol–water partition coefficient (Wildman–Crippen LogP) is 2.43. The number of hydrogen-bond donors (Lipinski definition) is 0. The molecule has 3 heteroatoms. The summed E-state index contributed by atoms with van der Waals surface area (Å²) in [7, 11) is 0. The molecule has 92 valence electrons. The summed E-state index contributed by atoms with van der Waals surface area (Å²) in [5.74, 6) is 1.58. The highest BCUT2D eigenvalue weighted by Gasteiger charge is 2.38. The monoisotopic (exact) mass is 240 g/mol. The van der Waals surface area contributed by atoms with E-state index in [0.29, 0.717) is 11.1 Å². The lowest BCUT2D eigenvalue weighted by Crippen LogP contribution is -2.29. The summed E-state index contributed by atoms with van der Waals surface area (Å²) in [5, 5.41) is 8.74. The van der Waals surface area contributed by atoms with Gasteiger partial charge >= 0.3 is 0 Å². The Kier molecular flexibility index (Phi) is 2.79. The van der Waals surface area contributed by atoms with Crippen molar-refractivity contribution in [1.29, 1.82) is 5.26 Å². The van der Waals surface area contributed by atoms with Crippen LogP contribution in [0.15, 0.2) is 24.3 Å². The third-order valence-electron chi connectivity index (χ3n) is 4.27. The van der Waals surface area contributed by atoms with E-state index in [1.807, 2.05) is 4.90 Å². The fourth-order valence-corrected chi connectivity index (χ4v) is 3.27. The molecule has 0 spiro atoms. The van der Waals surface area contributed by atoms with E-state index < -0.39 is 0 Å². The van der Waals surface area contributed by atoms with E-state index in [4.69, 9.17) is 5.26 Å². The summed E-state index contributed by atoms with van der Waals surface area (Å²) >= 11 is 0. The van der Waals surface area contributed by atoms with Gasteiger partial charge in [0.25, 0.3) is 5.91 Å². The molecule has 0 aromatic heterocycles. The van der Waals surface area contributed by atoms with Gasteiger partial charge in [0.2, 0.25) is 0 Å². The van der Waals surface area contributed by atoms with Gasteiger partial charge in [0, 0.05) is 18.7 Å². The molecule has 3 rings (SSSR count). The Labute approximate surface area is 107 Å². The molecule has 1 aliphatic heterocycles. The van der Waals surface area contributed by atoms with Crippen LogP contribution in [-0.4, -0.2) is 23.9 Å². The number of carbonyl (C=O) groups excluding carboxylic acids is 1. The zero-order chi connectivity index (χ0) is 12.5. The average Bonchev–Trinajstić information content (AvgIpc) is 2.99. The summed E-state index contributed by atoms with van der Waals surface area (Å²) in [6, 6.07) is 9.01. The van der Waals surface area contributed by atoms with Crippen LogP contribution in [0.5, 0.6) is 0 Å². The standard InChI is InChI=1S/C15H16N2O/c16-8-11-4-6-12(7-5-11)15(18)17-9-13-2-1-3-14(13)10-17/h4-7,13-14H,1-3,9-10H2. The van der Waals surface area contributed by atoms with Crippen molar-refractivity contribution < 1.29 is 4.79 Å². The van der Waals surface area contributed by atoms with Crippen molar-refractivity contribution >= 4 is 5.91 Å². The van der Waals surface area contributed by atoms with E-state index in [9.17, 15) is 4.79 Å². The van der Waals surface area contributed by atoms with Crippen LogP contribution < -0.4 is 0 Å². The van der Waals surface area contributed by atoms with E-state index in [1.54, 1.807) is 24.3 Å². The predicted molar refractivity (Wildman–Crippen MR) is 67.9 cm³/mol. The molecule has 1 saturated heterocycles. The van der Waals surface area contributed by atoms with Crippen molar-refractivity contribution in [3.63, 3.8) is 0 Å². The summed E-state index contributed by atoms with van der Waals surface area (Å²) in [5.41, 5.74) is 1.30. The lowest BCUT2D eigenvalue weighted by molar-refractivity contribution is 0.0780. The molecule has 18 heavy (non-hydrogen) atoms. The van der Waals surface area contributed by atoms with Crippen LogP contribution in [0.25, 0.3) is 0 Å². The topological polar surface area (TPSA) is 44.1 Å². The minimum absolute atomic E-state index is 0.119. The molecule has 2 aliphatic rings. The van der Waals surface area contributed by atoms with Gasteiger partial charge in [0.15, 0.2) is 0 Å². The molecule has 1 aromatic rings. The highest BCUT2D eigenvalue weighted by molar-refractivity contribution is 5.94. The molecule has 2 unspecified atom stereocenters. The maximum absolute atomic E-state index is 12.3. The fourth-order valence-electron chi connectivity index (χ4n) is 3.27. The van der Waals surface area contributed by atoms with Gasteiger partial charge in [-0.15, -0.1) is 0 Å². The quantitative estimate of drug-likeness (QED) is 0.756. The molecule has 0 bridgehead atoms. The van der Waals surface area contributed by atoms with Crippen molar-refractivity contribution in [2.75, 3.05) is 13.1 Å². The Hall–Kier alpha value is -1.82. The molecule has 1 saturated carbocycles. The highest BCUT2D eigenvalue weighted by Crippen LogP contribution is 2.38. The number of likely N-dealkylation sites (tertiary alicyclic amines) is 1. The first kappa shape index (κ1) is 11.3. The Balaban J connectivity index is 1.73. The molecule has 2 fully saturated rings. The molecule has 3 nitrogen and oxygen atoms in total. The maximum Gasteiger partial charge on any atom is 0.253 e. The molecule has 2 atom stereocenters. The van der Waals surface area contributed by atoms with Gasteiger partial charge in [-0.25, -0.2) is 0 Å². The third kappa shape index (κ3) is 1.88. The number of fused-ring (bicyclic) bond motifs is 1. The SMILES string of the molecule is N#Cc1ccc(C(=O)N2CC3CCCC3C2)cc1. The van der Waals surface area contributed by atoms with Crippen molar-refractivity contribution in [3.05, 3.63) is 35.4 Å². The number of nitriles is 1. The molecule has 0 radical (unpaired) electrons. The van der Waals surface area contributed by atoms with Crippen LogP contribution in [0.2, 0.25) is 0 Å². The molecule has 1 amide bonds. The van der Waals surface area contributed by atoms with Gasteiger partial charge in [0.1, 0.15) is 0 Å². The van der Waals surface area contributed by atoms with E-state index in [0.717, 1.165) is 24.9 Å². The van der Waals surface area contributed by atoms with Gasteiger partial charge in [-0.1, -0.05) is 6.42 Å². The van der Waals surface area contributed by atoms with Crippen LogP contribution in [0.1, 0.15) is 35.2 Å². The van der Waals surface area contributed by atoms with E-state index >= 15 is 0 Å². The van der Waals surface area contributed by atoms with Crippen LogP contribution in [0, 0.1) is 23.2 Å². The Morgan fingerprint density at radius 3 is 2.33 bits per heavy atom. The van der Waals surface area contributed by atoms with Crippen LogP contribution in [-0.2, 0) is 0 Å². The summed E-state index contributed by atoms with van der Waals surface area (Å²) < 4.78 is 0. The third-order valence-corrected chi connectivity index (χ3v) is 4.27. The lowest BCUT2D eigenvalue weighted by Gasteiger charge is -2.17. The Morgan fingerprint density at radius 2 is 1.78 bits per heavy atom. The van der Waals surface area contributed by atoms with E-state index in [2.05, 4.69) is 6.07 Å². The summed E-state index contributed by atoms with van der Waals surface area (Å²) in [4.78, 5) is 14.3. The zero-order valence-electron chi connectivity index (χ0n) is 10.3. The molecule has 0 N–H and O–H groups in total. The average molecular weight is 240 g/mol. The van der Waals surface area contributed by atoms with Crippen molar-refractivity contribution in [2.45, 2.75) is 19.3 Å². The second kappa shape index (κ2) is 4.45. The van der Waals surface area contributed by atoms with Gasteiger partial charge in [-0.3, -0.25) is 4.79 Å². The minimum atomic E-state index is 0.119. The van der Waals surface area contributed by atoms with Crippen molar-refractivity contribution in [3.8, 4) is 6.07 Å². The summed E-state index contributed by atoms with van der Waals surface area (Å²) in [6.07, 6.45) is 3.89. The molecular formula is C15H16N2O. The van der Waals surface area contributed by atoms with Gasteiger partial charge in [-0.2, -0.15) is 5.26 Å². The number of hydrogen-bond acceptors (Lipinski definition) is 2. The van der Waals surface area contributed by atoms with Gasteiger partial charge in [0.05, 0.1) is 11.6 Å². The normalized spacial score (nSPS) is 25.8. The minimum Gasteiger partial charge on any atom is -0.338 e. The second-order valence-electron chi connectivity index (χ2n) is 5.35. The van der Waals surface area contributed by atoms with Crippen LogP contribution >= 0.6 is 0 Å². The maximum atomic E-state index is 12.3. The zero-order valence-corrected chi connectivity index (χ0v) is 10.3. The van der Waals surface area contributed by atoms with Gasteiger partial charge in [-0.05, 0) is 48.9 Å². The Morgan fingerprint density at radius 1 is 1.17 bits per heavy atom. The Bertz CT molecular complexity index is 488. The largest absolute Gasteiger partial charge is 0.338 e. The molecule has 1 aromatic carbocycles. The van der Waals surface area contributed by atoms with E-state index in [-0.39, 0.29) is 5.91 Å². The van der Waals surface area contributed by atoms with Crippen LogP contribution in [0.4, 0.5) is 0 Å². The van der Waals surface area contributed by atoms with Crippen molar-refractivity contribution in [2.24, 2.45) is 11.8 Å². The van der Waals surface area contributed by atoms with E-state index in [1.165, 1.54) is 19.3 Å². The first-order valence-corrected chi connectivity index (χ1v) is 6.57.